The second kappa shape index (κ2) is 6.11. The number of fused-ring (bicyclic) bond motifs is 1. The van der Waals surface area contributed by atoms with Gasteiger partial charge in [-0.1, -0.05) is 44.2 Å². The Balaban J connectivity index is 2.28. The molecule has 0 spiro atoms. The summed E-state index contributed by atoms with van der Waals surface area (Å²) in [5.41, 5.74) is 1.95. The molecule has 2 aromatic rings. The monoisotopic (exact) mass is 324 g/mol. The Hall–Kier alpha value is -2.62. The van der Waals surface area contributed by atoms with E-state index in [1.54, 1.807) is 13.0 Å². The molecule has 1 atom stereocenters. The fraction of sp³-hybridized carbons (Fsp3) is 0.300. The van der Waals surface area contributed by atoms with Crippen LogP contribution in [0, 0.1) is 0 Å². The Labute approximate surface area is 141 Å². The lowest BCUT2D eigenvalue weighted by Gasteiger charge is -2.27. The molecule has 4 nitrogen and oxygen atoms in total. The first-order valence-corrected chi connectivity index (χ1v) is 8.16. The zero-order chi connectivity index (χ0) is 17.3. The summed E-state index contributed by atoms with van der Waals surface area (Å²) >= 11 is 0. The van der Waals surface area contributed by atoms with Gasteiger partial charge in [-0.2, -0.15) is 0 Å². The topological polar surface area (TPSA) is 63.6 Å². The predicted molar refractivity (Wildman–Crippen MR) is 91.0 cm³/mol. The van der Waals surface area contributed by atoms with Crippen LogP contribution in [0.1, 0.15) is 58.5 Å². The number of carboxylic acid groups (broad SMARTS) is 1. The van der Waals surface area contributed by atoms with Gasteiger partial charge >= 0.3 is 5.97 Å². The fourth-order valence-corrected chi connectivity index (χ4v) is 3.43. The number of ether oxygens (including phenoxy) is 1. The largest absolute Gasteiger partial charge is 0.491 e. The van der Waals surface area contributed by atoms with Gasteiger partial charge in [-0.3, -0.25) is 4.79 Å². The van der Waals surface area contributed by atoms with Crippen LogP contribution in [0.5, 0.6) is 5.75 Å². The maximum atomic E-state index is 12.3. The number of Topliss-reactive ketones (excluding diaryl/α,β-unsaturated/α-hetero) is 1. The van der Waals surface area contributed by atoms with Crippen LogP contribution in [0.4, 0.5) is 0 Å². The highest BCUT2D eigenvalue weighted by Gasteiger charge is 2.43. The van der Waals surface area contributed by atoms with E-state index in [2.05, 4.69) is 6.92 Å². The molecule has 1 heterocycles. The van der Waals surface area contributed by atoms with Crippen LogP contribution in [-0.2, 0) is 5.41 Å². The van der Waals surface area contributed by atoms with Crippen LogP contribution < -0.4 is 4.74 Å². The maximum absolute atomic E-state index is 12.3. The van der Waals surface area contributed by atoms with E-state index in [-0.39, 0.29) is 11.3 Å². The zero-order valence-corrected chi connectivity index (χ0v) is 13.8. The van der Waals surface area contributed by atoms with Gasteiger partial charge in [0.15, 0.2) is 5.78 Å². The van der Waals surface area contributed by atoms with Crippen molar-refractivity contribution in [2.24, 2.45) is 0 Å². The average molecular weight is 324 g/mol. The summed E-state index contributed by atoms with van der Waals surface area (Å²) in [5, 5.41) is 9.46. The summed E-state index contributed by atoms with van der Waals surface area (Å²) in [5.74, 6) is -0.597. The molecule has 0 amide bonds. The maximum Gasteiger partial charge on any atom is 0.335 e. The second-order valence-corrected chi connectivity index (χ2v) is 6.07. The average Bonchev–Trinajstić information content (AvgIpc) is 3.00. The first-order chi connectivity index (χ1) is 11.5. The van der Waals surface area contributed by atoms with Gasteiger partial charge < -0.3 is 9.84 Å². The minimum Gasteiger partial charge on any atom is -0.491 e. The van der Waals surface area contributed by atoms with Crippen molar-refractivity contribution in [3.8, 4) is 5.75 Å². The number of carbonyl (C=O) groups is 2. The van der Waals surface area contributed by atoms with Crippen molar-refractivity contribution in [3.05, 3.63) is 64.7 Å². The van der Waals surface area contributed by atoms with E-state index in [0.29, 0.717) is 24.3 Å². The third kappa shape index (κ3) is 2.39. The minimum atomic E-state index is -1.03. The van der Waals surface area contributed by atoms with Gasteiger partial charge in [-0.15, -0.1) is 0 Å². The van der Waals surface area contributed by atoms with E-state index in [1.165, 1.54) is 6.07 Å². The number of carbonyl (C=O) groups excluding carboxylic acids is 1. The van der Waals surface area contributed by atoms with Crippen molar-refractivity contribution in [2.75, 3.05) is 6.61 Å². The Morgan fingerprint density at radius 2 is 1.88 bits per heavy atom. The van der Waals surface area contributed by atoms with Gasteiger partial charge in [0.05, 0.1) is 16.5 Å². The van der Waals surface area contributed by atoms with Crippen molar-refractivity contribution in [1.29, 1.82) is 0 Å². The van der Waals surface area contributed by atoms with E-state index < -0.39 is 11.4 Å². The summed E-state index contributed by atoms with van der Waals surface area (Å²) in [4.78, 5) is 23.9. The van der Waals surface area contributed by atoms with E-state index in [1.807, 2.05) is 30.3 Å². The molecule has 0 saturated carbocycles. The number of rotatable bonds is 5. The Bertz CT molecular complexity index is 795. The molecule has 0 bridgehead atoms. The molecular formula is C20H20O4. The summed E-state index contributed by atoms with van der Waals surface area (Å²) in [6.45, 7) is 4.23. The molecule has 1 aliphatic heterocycles. The van der Waals surface area contributed by atoms with Crippen LogP contribution >= 0.6 is 0 Å². The molecule has 124 valence electrons. The molecule has 1 N–H and O–H groups in total. The lowest BCUT2D eigenvalue weighted by molar-refractivity contribution is 0.0696. The molecule has 24 heavy (non-hydrogen) atoms. The van der Waals surface area contributed by atoms with Gasteiger partial charge in [0.2, 0.25) is 0 Å². The first-order valence-electron chi connectivity index (χ1n) is 8.16. The first kappa shape index (κ1) is 16.2. The van der Waals surface area contributed by atoms with E-state index in [4.69, 9.17) is 4.74 Å². The smallest absolute Gasteiger partial charge is 0.335 e. The van der Waals surface area contributed by atoms with Gasteiger partial charge in [-0.25, -0.2) is 4.79 Å². The number of carboxylic acids is 1. The number of benzene rings is 2. The standard InChI is InChI=1S/C20H20O4/c1-3-17(21)15-10-13(19(22)23)11-16-18(15)24-12-20(16,4-2)14-8-6-5-7-9-14/h5-11H,3-4,12H2,1-2H3,(H,22,23). The van der Waals surface area contributed by atoms with Crippen molar-refractivity contribution in [1.82, 2.24) is 0 Å². The molecule has 4 heteroatoms. The second-order valence-electron chi connectivity index (χ2n) is 6.07. The summed E-state index contributed by atoms with van der Waals surface area (Å²) in [7, 11) is 0. The molecule has 0 saturated heterocycles. The summed E-state index contributed by atoms with van der Waals surface area (Å²) < 4.78 is 5.93. The quantitative estimate of drug-likeness (QED) is 0.842. The number of hydrogen-bond donors (Lipinski definition) is 1. The Morgan fingerprint density at radius 1 is 1.17 bits per heavy atom. The molecule has 1 aliphatic rings. The summed E-state index contributed by atoms with van der Waals surface area (Å²) in [6.07, 6.45) is 1.07. The Kier molecular flexibility index (Phi) is 4.14. The highest BCUT2D eigenvalue weighted by Crippen LogP contribution is 2.48. The van der Waals surface area contributed by atoms with Crippen LogP contribution in [-0.4, -0.2) is 23.5 Å². The van der Waals surface area contributed by atoms with Gasteiger partial charge in [0, 0.05) is 12.0 Å². The zero-order valence-electron chi connectivity index (χ0n) is 13.8. The molecule has 2 aromatic carbocycles. The molecular weight excluding hydrogens is 304 g/mol. The van der Waals surface area contributed by atoms with E-state index in [0.717, 1.165) is 17.5 Å². The lowest BCUT2D eigenvalue weighted by atomic mass is 9.73. The van der Waals surface area contributed by atoms with Crippen LogP contribution in [0.25, 0.3) is 0 Å². The fourth-order valence-electron chi connectivity index (χ4n) is 3.43. The summed E-state index contributed by atoms with van der Waals surface area (Å²) in [6, 6.07) is 13.0. The minimum absolute atomic E-state index is 0.102. The van der Waals surface area contributed by atoms with Crippen molar-refractivity contribution < 1.29 is 19.4 Å². The third-order valence-electron chi connectivity index (χ3n) is 4.87. The van der Waals surface area contributed by atoms with Crippen LogP contribution in [0.2, 0.25) is 0 Å². The predicted octanol–water partition coefficient (Wildman–Crippen LogP) is 4.07. The van der Waals surface area contributed by atoms with Gasteiger partial charge in [0.25, 0.3) is 0 Å². The molecule has 1 unspecified atom stereocenters. The van der Waals surface area contributed by atoms with E-state index >= 15 is 0 Å². The number of ketones is 1. The van der Waals surface area contributed by atoms with Gasteiger partial charge in [0.1, 0.15) is 12.4 Å². The van der Waals surface area contributed by atoms with Crippen molar-refractivity contribution in [2.45, 2.75) is 32.1 Å². The third-order valence-corrected chi connectivity index (χ3v) is 4.87. The molecule has 0 fully saturated rings. The highest BCUT2D eigenvalue weighted by molar-refractivity contribution is 6.02. The highest BCUT2D eigenvalue weighted by atomic mass is 16.5. The Morgan fingerprint density at radius 3 is 2.46 bits per heavy atom. The molecule has 0 aliphatic carbocycles. The van der Waals surface area contributed by atoms with Crippen LogP contribution in [0.15, 0.2) is 42.5 Å². The van der Waals surface area contributed by atoms with Crippen molar-refractivity contribution >= 4 is 11.8 Å². The van der Waals surface area contributed by atoms with Crippen LogP contribution in [0.3, 0.4) is 0 Å². The van der Waals surface area contributed by atoms with Gasteiger partial charge in [-0.05, 0) is 24.1 Å². The lowest BCUT2D eigenvalue weighted by Crippen LogP contribution is -2.28. The molecule has 0 aromatic heterocycles. The molecule has 3 rings (SSSR count). The number of hydrogen-bond acceptors (Lipinski definition) is 3. The normalized spacial score (nSPS) is 18.8. The molecule has 0 radical (unpaired) electrons. The SMILES string of the molecule is CCC(=O)c1cc(C(=O)O)cc2c1OCC2(CC)c1ccccc1. The number of aromatic carboxylic acids is 1. The van der Waals surface area contributed by atoms with Crippen molar-refractivity contribution in [3.63, 3.8) is 0 Å². The van der Waals surface area contributed by atoms with E-state index in [9.17, 15) is 14.7 Å².